The molecule has 1 aromatic carbocycles. The third-order valence-electron chi connectivity index (χ3n) is 3.63. The van der Waals surface area contributed by atoms with Crippen LogP contribution in [0, 0.1) is 0 Å². The van der Waals surface area contributed by atoms with Crippen molar-refractivity contribution in [2.75, 3.05) is 0 Å². The molecular formula is C17H21BrN+. The van der Waals surface area contributed by atoms with Crippen molar-refractivity contribution in [3.63, 3.8) is 0 Å². The fraction of sp³-hybridized carbons (Fsp3) is 0.353. The highest BCUT2D eigenvalue weighted by Gasteiger charge is 2.09. The molecule has 0 amide bonds. The van der Waals surface area contributed by atoms with E-state index >= 15 is 0 Å². The SMILES string of the molecule is CCC(CC)c1cc[n+](Cc2cccc(Br)c2)cc1. The number of halogens is 1. The third-order valence-corrected chi connectivity index (χ3v) is 4.12. The van der Waals surface area contributed by atoms with E-state index in [4.69, 9.17) is 0 Å². The molecule has 1 heterocycles. The van der Waals surface area contributed by atoms with Crippen LogP contribution in [0.5, 0.6) is 0 Å². The normalized spacial score (nSPS) is 10.9. The zero-order valence-corrected chi connectivity index (χ0v) is 13.2. The number of hydrogen-bond donors (Lipinski definition) is 0. The topological polar surface area (TPSA) is 3.88 Å². The summed E-state index contributed by atoms with van der Waals surface area (Å²) < 4.78 is 3.37. The molecule has 0 radical (unpaired) electrons. The predicted molar refractivity (Wildman–Crippen MR) is 83.2 cm³/mol. The van der Waals surface area contributed by atoms with Crippen molar-refractivity contribution in [1.29, 1.82) is 0 Å². The molecular weight excluding hydrogens is 298 g/mol. The Morgan fingerprint density at radius 1 is 1.05 bits per heavy atom. The molecule has 0 aliphatic heterocycles. The molecule has 0 saturated heterocycles. The van der Waals surface area contributed by atoms with Crippen molar-refractivity contribution in [2.24, 2.45) is 0 Å². The van der Waals surface area contributed by atoms with Gasteiger partial charge in [-0.2, -0.15) is 0 Å². The summed E-state index contributed by atoms with van der Waals surface area (Å²) in [6.07, 6.45) is 6.81. The van der Waals surface area contributed by atoms with Gasteiger partial charge < -0.3 is 0 Å². The van der Waals surface area contributed by atoms with Gasteiger partial charge in [-0.1, -0.05) is 41.9 Å². The molecule has 0 atom stereocenters. The van der Waals surface area contributed by atoms with Gasteiger partial charge in [0.1, 0.15) is 0 Å². The Balaban J connectivity index is 2.10. The van der Waals surface area contributed by atoms with Crippen molar-refractivity contribution >= 4 is 15.9 Å². The van der Waals surface area contributed by atoms with Crippen LogP contribution < -0.4 is 4.57 Å². The molecule has 1 nitrogen and oxygen atoms in total. The van der Waals surface area contributed by atoms with Crippen molar-refractivity contribution in [3.8, 4) is 0 Å². The summed E-state index contributed by atoms with van der Waals surface area (Å²) in [7, 11) is 0. The number of nitrogens with zero attached hydrogens (tertiary/aromatic N) is 1. The van der Waals surface area contributed by atoms with Gasteiger partial charge in [0.25, 0.3) is 0 Å². The first kappa shape index (κ1) is 14.3. The van der Waals surface area contributed by atoms with Crippen LogP contribution in [0.3, 0.4) is 0 Å². The summed E-state index contributed by atoms with van der Waals surface area (Å²) in [5.41, 5.74) is 2.77. The van der Waals surface area contributed by atoms with Crippen LogP contribution in [0.4, 0.5) is 0 Å². The molecule has 2 heteroatoms. The number of rotatable bonds is 5. The van der Waals surface area contributed by atoms with E-state index in [2.05, 4.69) is 83.1 Å². The Morgan fingerprint density at radius 3 is 2.32 bits per heavy atom. The Bertz CT molecular complexity index is 515. The van der Waals surface area contributed by atoms with E-state index in [1.807, 2.05) is 0 Å². The maximum atomic E-state index is 3.52. The monoisotopic (exact) mass is 318 g/mol. The van der Waals surface area contributed by atoms with Crippen LogP contribution in [0.15, 0.2) is 53.3 Å². The van der Waals surface area contributed by atoms with Gasteiger partial charge in [-0.15, -0.1) is 0 Å². The van der Waals surface area contributed by atoms with Crippen molar-refractivity contribution < 1.29 is 4.57 Å². The zero-order chi connectivity index (χ0) is 13.7. The summed E-state index contributed by atoms with van der Waals surface area (Å²) in [5.74, 6) is 0.695. The molecule has 0 aliphatic carbocycles. The maximum Gasteiger partial charge on any atom is 0.173 e. The van der Waals surface area contributed by atoms with Gasteiger partial charge in [-0.25, -0.2) is 4.57 Å². The van der Waals surface area contributed by atoms with Crippen LogP contribution in [-0.4, -0.2) is 0 Å². The van der Waals surface area contributed by atoms with Crippen LogP contribution in [-0.2, 0) is 6.54 Å². The Morgan fingerprint density at radius 2 is 1.74 bits per heavy atom. The first-order valence-electron chi connectivity index (χ1n) is 6.96. The van der Waals surface area contributed by atoms with Crippen molar-refractivity contribution in [1.82, 2.24) is 0 Å². The van der Waals surface area contributed by atoms with Gasteiger partial charge in [0.2, 0.25) is 0 Å². The Labute approximate surface area is 124 Å². The second-order valence-corrected chi connectivity index (χ2v) is 5.86. The maximum absolute atomic E-state index is 3.52. The van der Waals surface area contributed by atoms with Crippen molar-refractivity contribution in [2.45, 2.75) is 39.2 Å². The highest BCUT2D eigenvalue weighted by atomic mass is 79.9. The smallest absolute Gasteiger partial charge is 0.173 e. The van der Waals surface area contributed by atoms with E-state index in [-0.39, 0.29) is 0 Å². The lowest BCUT2D eigenvalue weighted by Crippen LogP contribution is -2.33. The second-order valence-electron chi connectivity index (χ2n) is 4.95. The van der Waals surface area contributed by atoms with E-state index in [9.17, 15) is 0 Å². The van der Waals surface area contributed by atoms with Crippen LogP contribution in [0.1, 0.15) is 43.7 Å². The first-order valence-corrected chi connectivity index (χ1v) is 7.75. The molecule has 0 bridgehead atoms. The minimum absolute atomic E-state index is 0.695. The molecule has 2 aromatic rings. The third kappa shape index (κ3) is 3.90. The predicted octanol–water partition coefficient (Wildman–Crippen LogP) is 4.69. The minimum atomic E-state index is 0.695. The quantitative estimate of drug-likeness (QED) is 0.704. The lowest BCUT2D eigenvalue weighted by molar-refractivity contribution is -0.688. The van der Waals surface area contributed by atoms with Gasteiger partial charge in [0.15, 0.2) is 18.9 Å². The van der Waals surface area contributed by atoms with Gasteiger partial charge in [-0.3, -0.25) is 0 Å². The average molecular weight is 319 g/mol. The summed E-state index contributed by atoms with van der Waals surface area (Å²) in [6, 6.07) is 13.0. The summed E-state index contributed by atoms with van der Waals surface area (Å²) in [4.78, 5) is 0. The average Bonchev–Trinajstić information content (AvgIpc) is 2.42. The van der Waals surface area contributed by atoms with Gasteiger partial charge in [0.05, 0.1) is 0 Å². The standard InChI is InChI=1S/C17H21BrN/c1-3-15(4-2)16-8-10-19(11-9-16)13-14-6-5-7-17(18)12-14/h5-12,15H,3-4,13H2,1-2H3/q+1. The lowest BCUT2D eigenvalue weighted by Gasteiger charge is -2.11. The summed E-state index contributed by atoms with van der Waals surface area (Å²) in [6.45, 7) is 5.44. The van der Waals surface area contributed by atoms with E-state index in [0.29, 0.717) is 5.92 Å². The highest BCUT2D eigenvalue weighted by Crippen LogP contribution is 2.21. The molecule has 0 saturated carbocycles. The van der Waals surface area contributed by atoms with Crippen LogP contribution in [0.25, 0.3) is 0 Å². The highest BCUT2D eigenvalue weighted by molar-refractivity contribution is 9.10. The lowest BCUT2D eigenvalue weighted by atomic mass is 9.95. The molecule has 1 aromatic heterocycles. The number of benzene rings is 1. The number of pyridine rings is 1. The number of hydrogen-bond acceptors (Lipinski definition) is 0. The summed E-state index contributed by atoms with van der Waals surface area (Å²) >= 11 is 3.52. The zero-order valence-electron chi connectivity index (χ0n) is 11.6. The Kier molecular flexibility index (Phi) is 5.15. The largest absolute Gasteiger partial charge is 0.201 e. The molecule has 0 spiro atoms. The van der Waals surface area contributed by atoms with Crippen LogP contribution >= 0.6 is 15.9 Å². The van der Waals surface area contributed by atoms with E-state index in [1.165, 1.54) is 24.0 Å². The summed E-state index contributed by atoms with van der Waals surface area (Å²) in [5, 5.41) is 0. The first-order chi connectivity index (χ1) is 9.22. The van der Waals surface area contributed by atoms with E-state index < -0.39 is 0 Å². The number of aromatic nitrogens is 1. The Hall–Kier alpha value is -1.15. The molecule has 100 valence electrons. The van der Waals surface area contributed by atoms with Crippen LogP contribution in [0.2, 0.25) is 0 Å². The fourth-order valence-electron chi connectivity index (χ4n) is 2.45. The molecule has 0 aliphatic rings. The fourth-order valence-corrected chi connectivity index (χ4v) is 2.90. The molecule has 0 N–H and O–H groups in total. The van der Waals surface area contributed by atoms with Crippen molar-refractivity contribution in [3.05, 3.63) is 64.4 Å². The van der Waals surface area contributed by atoms with E-state index in [1.54, 1.807) is 0 Å². The van der Waals surface area contributed by atoms with Gasteiger partial charge in [0, 0.05) is 22.2 Å². The van der Waals surface area contributed by atoms with Gasteiger partial charge >= 0.3 is 0 Å². The van der Waals surface area contributed by atoms with E-state index in [0.717, 1.165) is 11.0 Å². The molecule has 0 unspecified atom stereocenters. The molecule has 0 fully saturated rings. The molecule has 19 heavy (non-hydrogen) atoms. The molecule has 2 rings (SSSR count). The van der Waals surface area contributed by atoms with Gasteiger partial charge in [-0.05, 0) is 36.5 Å². The minimum Gasteiger partial charge on any atom is -0.201 e. The second kappa shape index (κ2) is 6.85.